The number of hydrogen-bond acceptors (Lipinski definition) is 5. The van der Waals surface area contributed by atoms with Crippen LogP contribution in [0.25, 0.3) is 0 Å². The highest BCUT2D eigenvalue weighted by atomic mass is 16.6. The molecule has 0 heterocycles. The number of benzene rings is 1. The van der Waals surface area contributed by atoms with Gasteiger partial charge in [-0.15, -0.1) is 0 Å². The Labute approximate surface area is 116 Å². The van der Waals surface area contributed by atoms with Gasteiger partial charge in [-0.05, 0) is 12.0 Å². The molecule has 0 fully saturated rings. The first-order valence-corrected chi connectivity index (χ1v) is 6.20. The maximum absolute atomic E-state index is 11.6. The SMILES string of the molecule is COCC(O)CCNC(=O)Cc1ccc([N+](=O)[O-])cc1. The van der Waals surface area contributed by atoms with Gasteiger partial charge in [-0.3, -0.25) is 14.9 Å². The van der Waals surface area contributed by atoms with Gasteiger partial charge in [-0.2, -0.15) is 0 Å². The first-order valence-electron chi connectivity index (χ1n) is 6.20. The highest BCUT2D eigenvalue weighted by Crippen LogP contribution is 2.12. The Morgan fingerprint density at radius 2 is 2.10 bits per heavy atom. The number of hydrogen-bond donors (Lipinski definition) is 2. The molecule has 0 spiro atoms. The van der Waals surface area contributed by atoms with Crippen LogP contribution in [0, 0.1) is 10.1 Å². The van der Waals surface area contributed by atoms with Crippen molar-refractivity contribution in [3.05, 3.63) is 39.9 Å². The summed E-state index contributed by atoms with van der Waals surface area (Å²) >= 11 is 0. The third-order valence-electron chi connectivity index (χ3n) is 2.67. The number of nitrogens with zero attached hydrogens (tertiary/aromatic N) is 1. The Morgan fingerprint density at radius 1 is 1.45 bits per heavy atom. The molecule has 0 bridgehead atoms. The molecular weight excluding hydrogens is 264 g/mol. The number of ether oxygens (including phenoxy) is 1. The second kappa shape index (κ2) is 8.23. The van der Waals surface area contributed by atoms with Crippen molar-refractivity contribution in [2.24, 2.45) is 0 Å². The summed E-state index contributed by atoms with van der Waals surface area (Å²) in [5.41, 5.74) is 0.697. The highest BCUT2D eigenvalue weighted by Gasteiger charge is 2.08. The normalized spacial score (nSPS) is 11.9. The zero-order valence-electron chi connectivity index (χ0n) is 11.2. The van der Waals surface area contributed by atoms with Gasteiger partial charge in [0.05, 0.1) is 24.1 Å². The van der Waals surface area contributed by atoms with E-state index >= 15 is 0 Å². The fourth-order valence-electron chi connectivity index (χ4n) is 1.64. The van der Waals surface area contributed by atoms with Crippen LogP contribution < -0.4 is 5.32 Å². The lowest BCUT2D eigenvalue weighted by Crippen LogP contribution is -2.29. The topological polar surface area (TPSA) is 102 Å². The van der Waals surface area contributed by atoms with Gasteiger partial charge in [-0.25, -0.2) is 0 Å². The Kier molecular flexibility index (Phi) is 6.61. The summed E-state index contributed by atoms with van der Waals surface area (Å²) in [6.07, 6.45) is -0.0299. The van der Waals surface area contributed by atoms with Gasteiger partial charge in [0.2, 0.25) is 5.91 Å². The fraction of sp³-hybridized carbons (Fsp3) is 0.462. The predicted molar refractivity (Wildman–Crippen MR) is 72.3 cm³/mol. The Bertz CT molecular complexity index is 447. The van der Waals surface area contributed by atoms with E-state index in [2.05, 4.69) is 5.32 Å². The summed E-state index contributed by atoms with van der Waals surface area (Å²) in [7, 11) is 1.50. The zero-order chi connectivity index (χ0) is 15.0. The van der Waals surface area contributed by atoms with E-state index in [9.17, 15) is 20.0 Å². The van der Waals surface area contributed by atoms with Gasteiger partial charge in [0.1, 0.15) is 0 Å². The molecular formula is C13H18N2O5. The molecule has 0 saturated heterocycles. The molecule has 0 saturated carbocycles. The molecule has 20 heavy (non-hydrogen) atoms. The number of nitro groups is 1. The van der Waals surface area contributed by atoms with Crippen LogP contribution in [0.3, 0.4) is 0 Å². The van der Waals surface area contributed by atoms with Gasteiger partial charge >= 0.3 is 0 Å². The average molecular weight is 282 g/mol. The van der Waals surface area contributed by atoms with Crippen molar-refractivity contribution >= 4 is 11.6 Å². The lowest BCUT2D eigenvalue weighted by atomic mass is 10.1. The van der Waals surface area contributed by atoms with E-state index in [0.29, 0.717) is 18.5 Å². The number of carbonyl (C=O) groups excluding carboxylic acids is 1. The minimum absolute atomic E-state index is 0.00292. The van der Waals surface area contributed by atoms with Gasteiger partial charge in [-0.1, -0.05) is 12.1 Å². The summed E-state index contributed by atoms with van der Waals surface area (Å²) in [5, 5.41) is 22.5. The molecule has 2 N–H and O–H groups in total. The summed E-state index contributed by atoms with van der Waals surface area (Å²) in [4.78, 5) is 21.6. The largest absolute Gasteiger partial charge is 0.391 e. The second-order valence-electron chi connectivity index (χ2n) is 4.35. The summed E-state index contributed by atoms with van der Waals surface area (Å²) in [6.45, 7) is 0.592. The first-order chi connectivity index (χ1) is 9.52. The van der Waals surface area contributed by atoms with Gasteiger partial charge < -0.3 is 15.2 Å². The fourth-order valence-corrected chi connectivity index (χ4v) is 1.64. The highest BCUT2D eigenvalue weighted by molar-refractivity contribution is 5.78. The van der Waals surface area contributed by atoms with Crippen LogP contribution >= 0.6 is 0 Å². The predicted octanol–water partition coefficient (Wildman–Crippen LogP) is 0.651. The number of nitrogens with one attached hydrogen (secondary N) is 1. The summed E-state index contributed by atoms with van der Waals surface area (Å²) < 4.78 is 4.77. The average Bonchev–Trinajstić information content (AvgIpc) is 2.39. The lowest BCUT2D eigenvalue weighted by Gasteiger charge is -2.10. The third-order valence-corrected chi connectivity index (χ3v) is 2.67. The van der Waals surface area contributed by atoms with Crippen molar-refractivity contribution < 1.29 is 19.6 Å². The molecule has 0 aliphatic carbocycles. The molecule has 1 aromatic carbocycles. The zero-order valence-corrected chi connectivity index (χ0v) is 11.2. The van der Waals surface area contributed by atoms with E-state index in [-0.39, 0.29) is 24.6 Å². The van der Waals surface area contributed by atoms with E-state index in [4.69, 9.17) is 4.74 Å². The molecule has 1 aromatic rings. The Balaban J connectivity index is 2.33. The number of non-ortho nitro benzene ring substituents is 1. The maximum atomic E-state index is 11.6. The Morgan fingerprint density at radius 3 is 2.65 bits per heavy atom. The molecule has 7 nitrogen and oxygen atoms in total. The number of amides is 1. The van der Waals surface area contributed by atoms with Crippen molar-refractivity contribution in [1.82, 2.24) is 5.32 Å². The van der Waals surface area contributed by atoms with Crippen molar-refractivity contribution in [3.63, 3.8) is 0 Å². The van der Waals surface area contributed by atoms with Gasteiger partial charge in [0.25, 0.3) is 5.69 Å². The molecule has 0 aromatic heterocycles. The smallest absolute Gasteiger partial charge is 0.269 e. The number of methoxy groups -OCH3 is 1. The van der Waals surface area contributed by atoms with E-state index in [1.54, 1.807) is 12.1 Å². The van der Waals surface area contributed by atoms with Crippen molar-refractivity contribution in [3.8, 4) is 0 Å². The van der Waals surface area contributed by atoms with Crippen LogP contribution in [0.5, 0.6) is 0 Å². The van der Waals surface area contributed by atoms with Crippen molar-refractivity contribution in [2.45, 2.75) is 18.9 Å². The maximum Gasteiger partial charge on any atom is 0.269 e. The molecule has 1 unspecified atom stereocenters. The minimum atomic E-state index is -0.598. The van der Waals surface area contributed by atoms with Crippen LogP contribution in [0.4, 0.5) is 5.69 Å². The summed E-state index contributed by atoms with van der Waals surface area (Å²) in [6, 6.07) is 5.84. The van der Waals surface area contributed by atoms with Crippen molar-refractivity contribution in [2.75, 3.05) is 20.3 Å². The number of aliphatic hydroxyl groups excluding tert-OH is 1. The quantitative estimate of drug-likeness (QED) is 0.538. The molecule has 110 valence electrons. The van der Waals surface area contributed by atoms with Crippen LogP contribution in [0.1, 0.15) is 12.0 Å². The number of nitro benzene ring substituents is 1. The third kappa shape index (κ3) is 5.77. The molecule has 0 radical (unpaired) electrons. The number of carbonyl (C=O) groups is 1. The van der Waals surface area contributed by atoms with Crippen LogP contribution in [-0.2, 0) is 16.0 Å². The minimum Gasteiger partial charge on any atom is -0.391 e. The van der Waals surface area contributed by atoms with Crippen LogP contribution in [0.2, 0.25) is 0 Å². The van der Waals surface area contributed by atoms with Gasteiger partial charge in [0, 0.05) is 25.8 Å². The molecule has 1 amide bonds. The van der Waals surface area contributed by atoms with E-state index in [1.807, 2.05) is 0 Å². The molecule has 0 aliphatic rings. The van der Waals surface area contributed by atoms with E-state index < -0.39 is 11.0 Å². The number of rotatable bonds is 8. The van der Waals surface area contributed by atoms with Crippen LogP contribution in [0.15, 0.2) is 24.3 Å². The monoisotopic (exact) mass is 282 g/mol. The van der Waals surface area contributed by atoms with Gasteiger partial charge in [0.15, 0.2) is 0 Å². The first kappa shape index (κ1) is 16.1. The molecule has 1 rings (SSSR count). The lowest BCUT2D eigenvalue weighted by molar-refractivity contribution is -0.384. The standard InChI is InChI=1S/C13H18N2O5/c1-20-9-12(16)6-7-14-13(17)8-10-2-4-11(5-3-10)15(18)19/h2-5,12,16H,6-9H2,1H3,(H,14,17). The molecule has 7 heteroatoms. The van der Waals surface area contributed by atoms with E-state index in [1.165, 1.54) is 19.2 Å². The van der Waals surface area contributed by atoms with Crippen molar-refractivity contribution in [1.29, 1.82) is 0 Å². The molecule has 1 atom stereocenters. The Hall–Kier alpha value is -1.99. The van der Waals surface area contributed by atoms with E-state index in [0.717, 1.165) is 0 Å². The molecule has 0 aliphatic heterocycles. The number of aliphatic hydroxyl groups is 1. The van der Waals surface area contributed by atoms with Crippen LogP contribution in [-0.4, -0.2) is 42.3 Å². The summed E-state index contributed by atoms with van der Waals surface area (Å²) in [5.74, 6) is -0.191. The second-order valence-corrected chi connectivity index (χ2v) is 4.35.